The Morgan fingerprint density at radius 2 is 1.80 bits per heavy atom. The van der Waals surface area contributed by atoms with E-state index in [2.05, 4.69) is 0 Å². The number of fused-ring (bicyclic) bond motifs is 1. The maximum Gasteiger partial charge on any atom is 0.266 e. The van der Waals surface area contributed by atoms with Gasteiger partial charge in [0.2, 0.25) is 0 Å². The lowest BCUT2D eigenvalue weighted by molar-refractivity contribution is 0.627. The van der Waals surface area contributed by atoms with Gasteiger partial charge in [0.25, 0.3) is 5.56 Å². The second-order valence-electron chi connectivity index (χ2n) is 6.99. The molecule has 1 heterocycles. The zero-order valence-corrected chi connectivity index (χ0v) is 18.0. The summed E-state index contributed by atoms with van der Waals surface area (Å²) in [6.45, 7) is 0. The van der Waals surface area contributed by atoms with Gasteiger partial charge in [0, 0.05) is 30.6 Å². The number of thioether (sulfide) groups is 1. The molecule has 4 aromatic rings. The number of rotatable bonds is 5. The molecular formula is C23H19ClFN3OS. The third-order valence-corrected chi connectivity index (χ3v) is 6.08. The van der Waals surface area contributed by atoms with Gasteiger partial charge in [-0.25, -0.2) is 9.37 Å². The SMILES string of the molecule is CN(C)c1ccc(-n2c(SCc3ccc(F)cc3Cl)nc3ccccc3c2=O)cc1. The van der Waals surface area contributed by atoms with E-state index in [1.807, 2.05) is 61.5 Å². The third-order valence-electron chi connectivity index (χ3n) is 4.74. The van der Waals surface area contributed by atoms with Crippen molar-refractivity contribution in [1.29, 1.82) is 0 Å². The molecule has 30 heavy (non-hydrogen) atoms. The Labute approximate surface area is 182 Å². The summed E-state index contributed by atoms with van der Waals surface area (Å²) in [5.74, 6) is 0.0788. The van der Waals surface area contributed by atoms with Crippen LogP contribution in [0, 0.1) is 5.82 Å². The highest BCUT2D eigenvalue weighted by Gasteiger charge is 2.14. The maximum atomic E-state index is 13.4. The fourth-order valence-electron chi connectivity index (χ4n) is 3.12. The normalized spacial score (nSPS) is 11.1. The summed E-state index contributed by atoms with van der Waals surface area (Å²) >= 11 is 7.57. The fraction of sp³-hybridized carbons (Fsp3) is 0.130. The van der Waals surface area contributed by atoms with Gasteiger partial charge in [-0.3, -0.25) is 9.36 Å². The molecule has 0 radical (unpaired) electrons. The second-order valence-corrected chi connectivity index (χ2v) is 8.34. The van der Waals surface area contributed by atoms with Crippen molar-refractivity contribution in [3.63, 3.8) is 0 Å². The van der Waals surface area contributed by atoms with Crippen LogP contribution < -0.4 is 10.5 Å². The van der Waals surface area contributed by atoms with E-state index >= 15 is 0 Å². The molecule has 4 nitrogen and oxygen atoms in total. The molecular weight excluding hydrogens is 421 g/mol. The molecule has 3 aromatic carbocycles. The first-order valence-corrected chi connectivity index (χ1v) is 10.7. The van der Waals surface area contributed by atoms with Crippen LogP contribution in [0.2, 0.25) is 5.02 Å². The fourth-order valence-corrected chi connectivity index (χ4v) is 4.45. The number of halogens is 2. The average molecular weight is 440 g/mol. The molecule has 0 spiro atoms. The Morgan fingerprint density at radius 1 is 1.07 bits per heavy atom. The summed E-state index contributed by atoms with van der Waals surface area (Å²) in [6, 6.07) is 19.3. The molecule has 7 heteroatoms. The molecule has 0 aliphatic heterocycles. The highest BCUT2D eigenvalue weighted by Crippen LogP contribution is 2.28. The molecule has 0 N–H and O–H groups in total. The minimum Gasteiger partial charge on any atom is -0.378 e. The van der Waals surface area contributed by atoms with Crippen LogP contribution in [-0.4, -0.2) is 23.6 Å². The molecule has 0 saturated heterocycles. The Kier molecular flexibility index (Phi) is 5.79. The van der Waals surface area contributed by atoms with Crippen LogP contribution in [-0.2, 0) is 5.75 Å². The summed E-state index contributed by atoms with van der Waals surface area (Å²) < 4.78 is 15.0. The standard InChI is InChI=1S/C23H19ClFN3OS/c1-27(2)17-9-11-18(12-10-17)28-22(29)19-5-3-4-6-21(19)26-23(28)30-14-15-7-8-16(25)13-20(15)24/h3-13H,14H2,1-2H3. The van der Waals surface area contributed by atoms with Crippen LogP contribution in [0.4, 0.5) is 10.1 Å². The molecule has 0 unspecified atom stereocenters. The van der Waals surface area contributed by atoms with Crippen LogP contribution in [0.3, 0.4) is 0 Å². The van der Waals surface area contributed by atoms with Crippen molar-refractivity contribution in [2.45, 2.75) is 10.9 Å². The quantitative estimate of drug-likeness (QED) is 0.302. The van der Waals surface area contributed by atoms with Gasteiger partial charge in [-0.2, -0.15) is 0 Å². The number of hydrogen-bond acceptors (Lipinski definition) is 4. The number of para-hydroxylation sites is 1. The van der Waals surface area contributed by atoms with Crippen molar-refractivity contribution in [3.05, 3.63) is 93.5 Å². The Balaban J connectivity index is 1.80. The highest BCUT2D eigenvalue weighted by molar-refractivity contribution is 7.98. The first-order valence-electron chi connectivity index (χ1n) is 9.30. The number of hydrogen-bond donors (Lipinski definition) is 0. The largest absolute Gasteiger partial charge is 0.378 e. The van der Waals surface area contributed by atoms with E-state index in [0.29, 0.717) is 26.8 Å². The van der Waals surface area contributed by atoms with E-state index in [-0.39, 0.29) is 11.4 Å². The smallest absolute Gasteiger partial charge is 0.266 e. The van der Waals surface area contributed by atoms with Crippen molar-refractivity contribution in [2.75, 3.05) is 19.0 Å². The van der Waals surface area contributed by atoms with Crippen molar-refractivity contribution in [1.82, 2.24) is 9.55 Å². The lowest BCUT2D eigenvalue weighted by Gasteiger charge is -2.16. The minimum atomic E-state index is -0.379. The third kappa shape index (κ3) is 4.06. The predicted molar refractivity (Wildman–Crippen MR) is 123 cm³/mol. The Bertz CT molecular complexity index is 1270. The summed E-state index contributed by atoms with van der Waals surface area (Å²) in [4.78, 5) is 20.0. The zero-order valence-electron chi connectivity index (χ0n) is 16.5. The molecule has 0 fully saturated rings. The molecule has 0 atom stereocenters. The topological polar surface area (TPSA) is 38.1 Å². The van der Waals surface area contributed by atoms with Crippen LogP contribution in [0.15, 0.2) is 76.7 Å². The monoisotopic (exact) mass is 439 g/mol. The second kappa shape index (κ2) is 8.50. The van der Waals surface area contributed by atoms with Gasteiger partial charge in [0.05, 0.1) is 16.6 Å². The molecule has 0 amide bonds. The molecule has 152 valence electrons. The Morgan fingerprint density at radius 3 is 2.50 bits per heavy atom. The first-order chi connectivity index (χ1) is 14.4. The number of nitrogens with zero attached hydrogens (tertiary/aromatic N) is 3. The summed E-state index contributed by atoms with van der Waals surface area (Å²) in [5.41, 5.74) is 3.05. The van der Waals surface area contributed by atoms with Crippen molar-refractivity contribution >= 4 is 40.0 Å². The van der Waals surface area contributed by atoms with Gasteiger partial charge in [-0.1, -0.05) is 41.6 Å². The van der Waals surface area contributed by atoms with Crippen LogP contribution in [0.1, 0.15) is 5.56 Å². The van der Waals surface area contributed by atoms with Gasteiger partial charge in [0.15, 0.2) is 5.16 Å². The number of benzene rings is 3. The minimum absolute atomic E-state index is 0.133. The van der Waals surface area contributed by atoms with Crippen LogP contribution in [0.25, 0.3) is 16.6 Å². The first kappa shape index (κ1) is 20.4. The summed E-state index contributed by atoms with van der Waals surface area (Å²) in [6.07, 6.45) is 0. The predicted octanol–water partition coefficient (Wildman–Crippen LogP) is 5.54. The van der Waals surface area contributed by atoms with Gasteiger partial charge < -0.3 is 4.90 Å². The molecule has 1 aromatic heterocycles. The lowest BCUT2D eigenvalue weighted by Crippen LogP contribution is -2.22. The van der Waals surface area contributed by atoms with E-state index in [4.69, 9.17) is 16.6 Å². The van der Waals surface area contributed by atoms with Gasteiger partial charge >= 0.3 is 0 Å². The van der Waals surface area contributed by atoms with E-state index in [9.17, 15) is 9.18 Å². The van der Waals surface area contributed by atoms with Crippen LogP contribution in [0.5, 0.6) is 0 Å². The molecule has 0 aliphatic rings. The summed E-state index contributed by atoms with van der Waals surface area (Å²) in [7, 11) is 3.93. The summed E-state index contributed by atoms with van der Waals surface area (Å²) in [5, 5.41) is 1.46. The Hall–Kier alpha value is -2.83. The molecule has 0 saturated carbocycles. The van der Waals surface area contributed by atoms with Crippen molar-refractivity contribution in [2.24, 2.45) is 0 Å². The van der Waals surface area contributed by atoms with Crippen LogP contribution >= 0.6 is 23.4 Å². The lowest BCUT2D eigenvalue weighted by atomic mass is 10.2. The molecule has 4 rings (SSSR count). The number of anilines is 1. The van der Waals surface area contributed by atoms with Crippen molar-refractivity contribution in [3.8, 4) is 5.69 Å². The van der Waals surface area contributed by atoms with Crippen molar-refractivity contribution < 1.29 is 4.39 Å². The van der Waals surface area contributed by atoms with E-state index in [0.717, 1.165) is 16.9 Å². The average Bonchev–Trinajstić information content (AvgIpc) is 2.73. The number of aromatic nitrogens is 2. The highest BCUT2D eigenvalue weighted by atomic mass is 35.5. The van der Waals surface area contributed by atoms with Gasteiger partial charge in [0.1, 0.15) is 5.82 Å². The molecule has 0 bridgehead atoms. The van der Waals surface area contributed by atoms with Gasteiger partial charge in [-0.05, 0) is 54.1 Å². The van der Waals surface area contributed by atoms with E-state index < -0.39 is 0 Å². The zero-order chi connectivity index (χ0) is 21.3. The van der Waals surface area contributed by atoms with Gasteiger partial charge in [-0.15, -0.1) is 0 Å². The van der Waals surface area contributed by atoms with E-state index in [1.54, 1.807) is 16.7 Å². The molecule has 0 aliphatic carbocycles. The van der Waals surface area contributed by atoms with E-state index in [1.165, 1.54) is 23.9 Å². The maximum absolute atomic E-state index is 13.4.